The molecule has 0 aromatic rings. The smallest absolute Gasteiger partial charge is 0.306 e. The number of carboxylic acids is 1. The van der Waals surface area contributed by atoms with E-state index in [2.05, 4.69) is 41.5 Å². The maximum Gasteiger partial charge on any atom is 0.306 e. The molecule has 0 radical (unpaired) electrons. The van der Waals surface area contributed by atoms with Crippen molar-refractivity contribution in [3.05, 3.63) is 0 Å². The zero-order valence-corrected chi connectivity index (χ0v) is 15.9. The van der Waals surface area contributed by atoms with Crippen molar-refractivity contribution < 1.29 is 19.1 Å². The molecule has 0 spiro atoms. The lowest BCUT2D eigenvalue weighted by Crippen LogP contribution is -2.50. The highest BCUT2D eigenvalue weighted by molar-refractivity contribution is 6.78. The van der Waals surface area contributed by atoms with E-state index in [4.69, 9.17) is 9.53 Å². The van der Waals surface area contributed by atoms with Gasteiger partial charge in [0.2, 0.25) is 0 Å². The Morgan fingerprint density at radius 2 is 1.23 bits per heavy atom. The minimum atomic E-state index is -2.18. The highest BCUT2D eigenvalue weighted by Crippen LogP contribution is 2.43. The van der Waals surface area contributed by atoms with Gasteiger partial charge in [-0.25, -0.2) is 0 Å². The molecule has 1 fully saturated rings. The van der Waals surface area contributed by atoms with Crippen LogP contribution in [0, 0.1) is 11.8 Å². The molecule has 0 heterocycles. The lowest BCUT2D eigenvalue weighted by molar-refractivity contribution is -0.147. The SMILES string of the molecule is CC(C)[Si](OC(=O)[C@H]1CC[C@H](C(=O)O)CC1)(C(C)C)C(C)C. The summed E-state index contributed by atoms with van der Waals surface area (Å²) in [5.74, 6) is -1.21. The molecule has 0 aromatic heterocycles. The van der Waals surface area contributed by atoms with E-state index >= 15 is 0 Å². The Balaban J connectivity index is 2.79. The van der Waals surface area contributed by atoms with E-state index in [1.807, 2.05) is 0 Å². The van der Waals surface area contributed by atoms with Gasteiger partial charge in [0.25, 0.3) is 14.3 Å². The van der Waals surface area contributed by atoms with Crippen LogP contribution in [0.1, 0.15) is 67.2 Å². The third kappa shape index (κ3) is 3.92. The molecule has 1 aliphatic rings. The zero-order valence-electron chi connectivity index (χ0n) is 14.9. The molecule has 4 nitrogen and oxygen atoms in total. The first kappa shape index (κ1) is 19.2. The Morgan fingerprint density at radius 3 is 1.55 bits per heavy atom. The quantitative estimate of drug-likeness (QED) is 0.724. The van der Waals surface area contributed by atoms with Crippen LogP contribution in [0.3, 0.4) is 0 Å². The third-order valence-electron chi connectivity index (χ3n) is 5.39. The van der Waals surface area contributed by atoms with Crippen molar-refractivity contribution in [3.8, 4) is 0 Å². The van der Waals surface area contributed by atoms with Crippen molar-refractivity contribution in [1.29, 1.82) is 0 Å². The standard InChI is InChI=1S/C17H32O4Si/c1-11(2)22(12(3)4,13(5)6)21-17(20)15-9-7-14(8-10-15)16(18)19/h11-15H,7-10H2,1-6H3,(H,18,19)/t14-,15-. The Morgan fingerprint density at radius 1 is 0.864 bits per heavy atom. The van der Waals surface area contributed by atoms with E-state index in [0.29, 0.717) is 42.3 Å². The summed E-state index contributed by atoms with van der Waals surface area (Å²) in [6, 6.07) is 0. The molecule has 1 rings (SSSR count). The molecular formula is C17H32O4Si. The summed E-state index contributed by atoms with van der Waals surface area (Å²) in [6.45, 7) is 13.0. The minimum Gasteiger partial charge on any atom is -0.518 e. The van der Waals surface area contributed by atoms with Crippen LogP contribution >= 0.6 is 0 Å². The summed E-state index contributed by atoms with van der Waals surface area (Å²) >= 11 is 0. The number of hydrogen-bond acceptors (Lipinski definition) is 3. The Labute approximate surface area is 135 Å². The lowest BCUT2D eigenvalue weighted by atomic mass is 9.82. The van der Waals surface area contributed by atoms with Crippen LogP contribution in [-0.2, 0) is 14.0 Å². The largest absolute Gasteiger partial charge is 0.518 e. The van der Waals surface area contributed by atoms with Gasteiger partial charge in [-0.2, -0.15) is 0 Å². The molecule has 0 aliphatic heterocycles. The van der Waals surface area contributed by atoms with Crippen LogP contribution in [-0.4, -0.2) is 25.4 Å². The van der Waals surface area contributed by atoms with E-state index in [0.717, 1.165) is 0 Å². The van der Waals surface area contributed by atoms with Crippen LogP contribution in [0.4, 0.5) is 0 Å². The summed E-state index contributed by atoms with van der Waals surface area (Å²) in [4.78, 5) is 23.7. The first-order valence-electron chi connectivity index (χ1n) is 8.58. The third-order valence-corrected chi connectivity index (χ3v) is 11.4. The summed E-state index contributed by atoms with van der Waals surface area (Å²) in [5, 5.41) is 9.06. The molecule has 0 amide bonds. The van der Waals surface area contributed by atoms with Crippen molar-refractivity contribution in [3.63, 3.8) is 0 Å². The van der Waals surface area contributed by atoms with Gasteiger partial charge >= 0.3 is 5.97 Å². The van der Waals surface area contributed by atoms with Gasteiger partial charge in [-0.15, -0.1) is 0 Å². The fraction of sp³-hybridized carbons (Fsp3) is 0.882. The van der Waals surface area contributed by atoms with Gasteiger partial charge in [-0.05, 0) is 42.3 Å². The van der Waals surface area contributed by atoms with Gasteiger partial charge in [0.1, 0.15) is 0 Å². The molecule has 22 heavy (non-hydrogen) atoms. The number of hydrogen-bond donors (Lipinski definition) is 1. The Bertz CT molecular complexity index is 374. The normalized spacial score (nSPS) is 23.1. The Hall–Kier alpha value is -0.843. The topological polar surface area (TPSA) is 63.6 Å². The van der Waals surface area contributed by atoms with Crippen molar-refractivity contribution in [2.45, 2.75) is 83.8 Å². The van der Waals surface area contributed by atoms with Gasteiger partial charge < -0.3 is 9.53 Å². The van der Waals surface area contributed by atoms with Gasteiger partial charge in [0.15, 0.2) is 0 Å². The molecule has 5 heteroatoms. The summed E-state index contributed by atoms with van der Waals surface area (Å²) in [6.07, 6.45) is 2.48. The van der Waals surface area contributed by atoms with Crippen LogP contribution in [0.5, 0.6) is 0 Å². The monoisotopic (exact) mass is 328 g/mol. The van der Waals surface area contributed by atoms with Gasteiger partial charge in [-0.3, -0.25) is 9.59 Å². The van der Waals surface area contributed by atoms with Crippen molar-refractivity contribution in [1.82, 2.24) is 0 Å². The van der Waals surface area contributed by atoms with Crippen LogP contribution in [0.25, 0.3) is 0 Å². The highest BCUT2D eigenvalue weighted by atomic mass is 28.4. The second-order valence-electron chi connectivity index (χ2n) is 7.63. The van der Waals surface area contributed by atoms with E-state index in [1.165, 1.54) is 0 Å². The van der Waals surface area contributed by atoms with Gasteiger partial charge in [-0.1, -0.05) is 41.5 Å². The second-order valence-corrected chi connectivity index (χ2v) is 13.0. The van der Waals surface area contributed by atoms with Crippen molar-refractivity contribution in [2.24, 2.45) is 11.8 Å². The molecule has 0 unspecified atom stereocenters. The van der Waals surface area contributed by atoms with Crippen LogP contribution in [0.2, 0.25) is 16.6 Å². The summed E-state index contributed by atoms with van der Waals surface area (Å²) in [7, 11) is -2.18. The maximum absolute atomic E-state index is 12.7. The first-order chi connectivity index (χ1) is 10.1. The average Bonchev–Trinajstić information content (AvgIpc) is 2.43. The number of aliphatic carboxylic acids is 1. The van der Waals surface area contributed by atoms with E-state index < -0.39 is 14.3 Å². The zero-order chi connectivity index (χ0) is 17.1. The van der Waals surface area contributed by atoms with Crippen molar-refractivity contribution in [2.75, 3.05) is 0 Å². The highest BCUT2D eigenvalue weighted by Gasteiger charge is 2.49. The van der Waals surface area contributed by atoms with E-state index in [1.54, 1.807) is 0 Å². The van der Waals surface area contributed by atoms with E-state index in [-0.39, 0.29) is 17.8 Å². The second kappa shape index (κ2) is 7.62. The molecule has 0 atom stereocenters. The summed E-state index contributed by atoms with van der Waals surface area (Å²) in [5.41, 5.74) is 1.14. The molecule has 0 aromatic carbocycles. The van der Waals surface area contributed by atoms with Gasteiger partial charge in [0.05, 0.1) is 11.8 Å². The lowest BCUT2D eigenvalue weighted by Gasteiger charge is -2.42. The fourth-order valence-corrected chi connectivity index (χ4v) is 9.41. The molecule has 128 valence electrons. The molecule has 1 aliphatic carbocycles. The van der Waals surface area contributed by atoms with E-state index in [9.17, 15) is 9.59 Å². The summed E-state index contributed by atoms with van der Waals surface area (Å²) < 4.78 is 6.21. The number of carbonyl (C=O) groups excluding carboxylic acids is 1. The fourth-order valence-electron chi connectivity index (χ4n) is 4.19. The minimum absolute atomic E-state index is 0.0772. The number of rotatable bonds is 6. The predicted octanol–water partition coefficient (Wildman–Crippen LogP) is 4.60. The molecule has 1 N–H and O–H groups in total. The Kier molecular flexibility index (Phi) is 6.65. The molecule has 1 saturated carbocycles. The van der Waals surface area contributed by atoms with Crippen LogP contribution in [0.15, 0.2) is 0 Å². The van der Waals surface area contributed by atoms with Crippen molar-refractivity contribution >= 4 is 20.3 Å². The van der Waals surface area contributed by atoms with Gasteiger partial charge in [0, 0.05) is 0 Å². The van der Waals surface area contributed by atoms with Crippen LogP contribution < -0.4 is 0 Å². The maximum atomic E-state index is 12.7. The number of carbonyl (C=O) groups is 2. The predicted molar refractivity (Wildman–Crippen MR) is 90.2 cm³/mol. The number of carboxylic acid groups (broad SMARTS) is 1. The first-order valence-corrected chi connectivity index (χ1v) is 10.7. The molecule has 0 saturated heterocycles. The molecular weight excluding hydrogens is 296 g/mol. The average molecular weight is 329 g/mol. The molecule has 0 bridgehead atoms.